The summed E-state index contributed by atoms with van der Waals surface area (Å²) in [6.07, 6.45) is 0.277. The molecule has 3 rings (SSSR count). The number of nitrogens with one attached hydrogen (secondary N) is 1. The highest BCUT2D eigenvalue weighted by atomic mass is 32.2. The van der Waals surface area contributed by atoms with E-state index in [1.54, 1.807) is 12.1 Å². The molecule has 1 aromatic heterocycles. The zero-order valence-electron chi connectivity index (χ0n) is 15.1. The molecular weight excluding hydrogens is 400 g/mol. The van der Waals surface area contributed by atoms with Crippen molar-refractivity contribution < 1.29 is 22.7 Å². The van der Waals surface area contributed by atoms with Crippen LogP contribution in [-0.4, -0.2) is 46.6 Å². The maximum Gasteiger partial charge on any atom is 0.338 e. The molecule has 0 spiro atoms. The summed E-state index contributed by atoms with van der Waals surface area (Å²) < 4.78 is 29.1. The predicted molar refractivity (Wildman–Crippen MR) is 100 cm³/mol. The topological polar surface area (TPSA) is 159 Å². The minimum Gasteiger partial charge on any atom is -0.449 e. The van der Waals surface area contributed by atoms with Gasteiger partial charge in [-0.3, -0.25) is 4.79 Å². The first kappa shape index (κ1) is 20.1. The molecule has 1 atom stereocenters. The van der Waals surface area contributed by atoms with Crippen molar-refractivity contribution in [2.24, 2.45) is 5.14 Å². The van der Waals surface area contributed by atoms with Crippen LogP contribution >= 0.6 is 0 Å². The Morgan fingerprint density at radius 3 is 2.52 bits per heavy atom. The molecule has 11 nitrogen and oxygen atoms in total. The van der Waals surface area contributed by atoms with Gasteiger partial charge in [-0.1, -0.05) is 6.07 Å². The number of hydrogen-bond acceptors (Lipinski definition) is 8. The van der Waals surface area contributed by atoms with Crippen LogP contribution in [-0.2, 0) is 19.6 Å². The van der Waals surface area contributed by atoms with Crippen LogP contribution in [0.5, 0.6) is 0 Å². The lowest BCUT2D eigenvalue weighted by atomic mass is 10.2. The molecule has 2 aromatic carbocycles. The molecule has 0 radical (unpaired) electrons. The molecule has 3 aromatic rings. The van der Waals surface area contributed by atoms with Crippen molar-refractivity contribution in [2.45, 2.75) is 17.9 Å². The van der Waals surface area contributed by atoms with Crippen molar-refractivity contribution in [2.75, 3.05) is 5.32 Å². The molecule has 0 saturated carbocycles. The highest BCUT2D eigenvalue weighted by Gasteiger charge is 2.20. The number of esters is 1. The third-order valence-corrected chi connectivity index (χ3v) is 4.73. The van der Waals surface area contributed by atoms with Gasteiger partial charge < -0.3 is 10.1 Å². The number of rotatable bonds is 6. The second-order valence-corrected chi connectivity index (χ2v) is 7.47. The Morgan fingerprint density at radius 2 is 1.90 bits per heavy atom. The Labute approximate surface area is 165 Å². The summed E-state index contributed by atoms with van der Waals surface area (Å²) in [5.74, 6) is -1.29. The molecule has 0 aliphatic carbocycles. The Kier molecular flexibility index (Phi) is 5.66. The number of sulfonamides is 1. The summed E-state index contributed by atoms with van der Waals surface area (Å²) in [6, 6.07) is 11.7. The van der Waals surface area contributed by atoms with Crippen molar-refractivity contribution in [1.29, 1.82) is 0 Å². The van der Waals surface area contributed by atoms with E-state index in [4.69, 9.17) is 9.88 Å². The number of anilines is 1. The Morgan fingerprint density at radius 1 is 1.17 bits per heavy atom. The Balaban J connectivity index is 1.63. The molecule has 1 heterocycles. The molecule has 0 aliphatic rings. The SMILES string of the molecule is C[C@@H](OC(=O)c1cccc(-n2cnnn2)c1)C(=O)Nc1ccc(S(N)(=O)=O)cc1. The van der Waals surface area contributed by atoms with Gasteiger partial charge >= 0.3 is 5.97 Å². The summed E-state index contributed by atoms with van der Waals surface area (Å²) in [5.41, 5.74) is 1.10. The van der Waals surface area contributed by atoms with E-state index in [0.717, 1.165) is 0 Å². The van der Waals surface area contributed by atoms with Crippen molar-refractivity contribution in [3.05, 3.63) is 60.4 Å². The number of aromatic nitrogens is 4. The number of primary sulfonamides is 1. The van der Waals surface area contributed by atoms with E-state index in [1.165, 1.54) is 54.3 Å². The largest absolute Gasteiger partial charge is 0.449 e. The van der Waals surface area contributed by atoms with E-state index >= 15 is 0 Å². The molecule has 1 amide bonds. The molecule has 0 aliphatic heterocycles. The highest BCUT2D eigenvalue weighted by molar-refractivity contribution is 7.89. The third kappa shape index (κ3) is 5.00. The van der Waals surface area contributed by atoms with Crippen LogP contribution in [0, 0.1) is 0 Å². The minimum atomic E-state index is -3.83. The van der Waals surface area contributed by atoms with Gasteiger partial charge in [0, 0.05) is 5.69 Å². The van der Waals surface area contributed by atoms with Gasteiger partial charge in [-0.05, 0) is 59.8 Å². The van der Waals surface area contributed by atoms with Gasteiger partial charge in [-0.25, -0.2) is 23.0 Å². The summed E-state index contributed by atoms with van der Waals surface area (Å²) in [4.78, 5) is 24.5. The lowest BCUT2D eigenvalue weighted by Gasteiger charge is -2.14. The van der Waals surface area contributed by atoms with Crippen molar-refractivity contribution in [1.82, 2.24) is 20.2 Å². The first-order valence-corrected chi connectivity index (χ1v) is 9.77. The zero-order chi connectivity index (χ0) is 21.0. The number of carbonyl (C=O) groups is 2. The fourth-order valence-corrected chi connectivity index (χ4v) is 2.82. The summed E-state index contributed by atoms with van der Waals surface area (Å²) >= 11 is 0. The van der Waals surface area contributed by atoms with Gasteiger partial charge in [-0.2, -0.15) is 0 Å². The summed E-state index contributed by atoms with van der Waals surface area (Å²) in [7, 11) is -3.83. The Bertz CT molecular complexity index is 1130. The Hall–Kier alpha value is -3.64. The third-order valence-electron chi connectivity index (χ3n) is 3.80. The van der Waals surface area contributed by atoms with Crippen LogP contribution in [0.2, 0.25) is 0 Å². The molecule has 12 heteroatoms. The van der Waals surface area contributed by atoms with Crippen LogP contribution in [0.3, 0.4) is 0 Å². The molecular formula is C17H16N6O5S. The lowest BCUT2D eigenvalue weighted by Crippen LogP contribution is -2.30. The predicted octanol–water partition coefficient (Wildman–Crippen LogP) is 0.494. The second-order valence-electron chi connectivity index (χ2n) is 5.91. The molecule has 3 N–H and O–H groups in total. The summed E-state index contributed by atoms with van der Waals surface area (Å²) in [6.45, 7) is 1.41. The van der Waals surface area contributed by atoms with Crippen LogP contribution in [0.4, 0.5) is 5.69 Å². The smallest absolute Gasteiger partial charge is 0.338 e. The number of carbonyl (C=O) groups excluding carboxylic acids is 2. The standard InChI is InChI=1S/C17H16N6O5S/c1-11(16(24)20-13-5-7-15(8-6-13)29(18,26)27)28-17(25)12-3-2-4-14(9-12)23-10-19-21-22-23/h2-11H,1H3,(H,20,24)(H2,18,26,27)/t11-/m1/s1. The van der Waals surface area contributed by atoms with Crippen LogP contribution in [0.25, 0.3) is 5.69 Å². The van der Waals surface area contributed by atoms with Gasteiger partial charge in [0.1, 0.15) is 6.33 Å². The van der Waals surface area contributed by atoms with Gasteiger partial charge in [0.15, 0.2) is 6.10 Å². The molecule has 0 bridgehead atoms. The van der Waals surface area contributed by atoms with Crippen molar-refractivity contribution >= 4 is 27.6 Å². The number of nitrogens with two attached hydrogens (primary N) is 1. The highest BCUT2D eigenvalue weighted by Crippen LogP contribution is 2.14. The zero-order valence-corrected chi connectivity index (χ0v) is 15.9. The van der Waals surface area contributed by atoms with Crippen LogP contribution < -0.4 is 10.5 Å². The van der Waals surface area contributed by atoms with Gasteiger partial charge in [-0.15, -0.1) is 5.10 Å². The maximum absolute atomic E-state index is 12.3. The average molecular weight is 416 g/mol. The molecule has 150 valence electrons. The summed E-state index contributed by atoms with van der Waals surface area (Å²) in [5, 5.41) is 18.3. The quantitative estimate of drug-likeness (QED) is 0.549. The number of tetrazole rings is 1. The molecule has 29 heavy (non-hydrogen) atoms. The number of hydrogen-bond donors (Lipinski definition) is 2. The maximum atomic E-state index is 12.3. The van der Waals surface area contributed by atoms with E-state index in [1.807, 2.05) is 0 Å². The van der Waals surface area contributed by atoms with Crippen molar-refractivity contribution in [3.8, 4) is 5.69 Å². The van der Waals surface area contributed by atoms with E-state index in [0.29, 0.717) is 11.4 Å². The number of ether oxygens (including phenoxy) is 1. The van der Waals surface area contributed by atoms with Crippen LogP contribution in [0.15, 0.2) is 59.8 Å². The number of amides is 1. The first-order chi connectivity index (χ1) is 13.7. The van der Waals surface area contributed by atoms with Gasteiger partial charge in [0.05, 0.1) is 16.1 Å². The fourth-order valence-electron chi connectivity index (χ4n) is 2.31. The van der Waals surface area contributed by atoms with E-state index in [-0.39, 0.29) is 10.5 Å². The van der Waals surface area contributed by atoms with Crippen molar-refractivity contribution in [3.63, 3.8) is 0 Å². The monoisotopic (exact) mass is 416 g/mol. The molecule has 0 saturated heterocycles. The number of nitrogens with zero attached hydrogens (tertiary/aromatic N) is 4. The molecule has 0 unspecified atom stereocenters. The van der Waals surface area contributed by atoms with E-state index in [9.17, 15) is 18.0 Å². The van der Waals surface area contributed by atoms with E-state index in [2.05, 4.69) is 20.8 Å². The lowest BCUT2D eigenvalue weighted by molar-refractivity contribution is -0.123. The van der Waals surface area contributed by atoms with Crippen LogP contribution in [0.1, 0.15) is 17.3 Å². The number of benzene rings is 2. The first-order valence-electron chi connectivity index (χ1n) is 8.22. The average Bonchev–Trinajstić information content (AvgIpc) is 3.22. The normalized spacial score (nSPS) is 12.2. The second kappa shape index (κ2) is 8.16. The minimum absolute atomic E-state index is 0.0857. The van der Waals surface area contributed by atoms with E-state index < -0.39 is 28.0 Å². The fraction of sp³-hybridized carbons (Fsp3) is 0.118. The molecule has 0 fully saturated rings. The van der Waals surface area contributed by atoms with Gasteiger partial charge in [0.25, 0.3) is 5.91 Å². The van der Waals surface area contributed by atoms with Gasteiger partial charge in [0.2, 0.25) is 10.0 Å².